The quantitative estimate of drug-likeness (QED) is 0.407. The first kappa shape index (κ1) is 21.7. The molecule has 11 nitrogen and oxygen atoms in total. The number of aromatic nitrogens is 1. The molecular weight excluding hydrogens is 416 g/mol. The standard InChI is InChI=1S/C21H24N6O5/c28-21(16-2-1-3-22-14-16)24-23-15-17-12-20(27(29)30)19(26-6-10-32-11-7-26)13-18(17)25-4-8-31-9-5-25/h1-3,12-15H,4-11H2,(H,24,28). The molecule has 1 amide bonds. The van der Waals surface area contributed by atoms with Crippen LogP contribution < -0.4 is 15.2 Å². The molecule has 32 heavy (non-hydrogen) atoms. The Morgan fingerprint density at radius 1 is 1.09 bits per heavy atom. The summed E-state index contributed by atoms with van der Waals surface area (Å²) in [5, 5.41) is 15.9. The monoisotopic (exact) mass is 440 g/mol. The Kier molecular flexibility index (Phi) is 6.87. The molecule has 0 spiro atoms. The zero-order valence-electron chi connectivity index (χ0n) is 17.5. The highest BCUT2D eigenvalue weighted by Gasteiger charge is 2.26. The normalized spacial score (nSPS) is 16.9. The lowest BCUT2D eigenvalue weighted by molar-refractivity contribution is -0.384. The number of nitro groups is 1. The average Bonchev–Trinajstić information content (AvgIpc) is 2.85. The number of nitrogens with zero attached hydrogens (tertiary/aromatic N) is 5. The number of rotatable bonds is 6. The predicted molar refractivity (Wildman–Crippen MR) is 118 cm³/mol. The Morgan fingerprint density at radius 3 is 2.34 bits per heavy atom. The lowest BCUT2D eigenvalue weighted by Crippen LogP contribution is -2.38. The Balaban J connectivity index is 1.66. The van der Waals surface area contributed by atoms with Gasteiger partial charge in [0.15, 0.2) is 0 Å². The molecule has 0 aliphatic carbocycles. The first-order chi connectivity index (χ1) is 15.6. The minimum absolute atomic E-state index is 0.0102. The molecule has 3 heterocycles. The molecule has 1 aromatic heterocycles. The summed E-state index contributed by atoms with van der Waals surface area (Å²) in [5.41, 5.74) is 4.71. The van der Waals surface area contributed by atoms with Gasteiger partial charge >= 0.3 is 0 Å². The van der Waals surface area contributed by atoms with E-state index in [2.05, 4.69) is 20.4 Å². The third-order valence-corrected chi connectivity index (χ3v) is 5.32. The van der Waals surface area contributed by atoms with Crippen LogP contribution in [0, 0.1) is 10.1 Å². The minimum Gasteiger partial charge on any atom is -0.378 e. The van der Waals surface area contributed by atoms with Crippen molar-refractivity contribution in [2.75, 3.05) is 62.4 Å². The van der Waals surface area contributed by atoms with Crippen molar-refractivity contribution < 1.29 is 19.2 Å². The second-order valence-electron chi connectivity index (χ2n) is 7.30. The van der Waals surface area contributed by atoms with Crippen molar-refractivity contribution >= 4 is 29.2 Å². The van der Waals surface area contributed by atoms with Crippen molar-refractivity contribution in [2.24, 2.45) is 5.10 Å². The summed E-state index contributed by atoms with van der Waals surface area (Å²) in [6.07, 6.45) is 4.45. The van der Waals surface area contributed by atoms with Crippen LogP contribution in [0.2, 0.25) is 0 Å². The average molecular weight is 440 g/mol. The maximum atomic E-state index is 12.2. The van der Waals surface area contributed by atoms with Gasteiger partial charge in [0, 0.05) is 55.9 Å². The van der Waals surface area contributed by atoms with E-state index in [-0.39, 0.29) is 10.6 Å². The number of ether oxygens (including phenoxy) is 2. The lowest BCUT2D eigenvalue weighted by Gasteiger charge is -2.33. The second-order valence-corrected chi connectivity index (χ2v) is 7.30. The molecule has 2 fully saturated rings. The molecule has 0 radical (unpaired) electrons. The van der Waals surface area contributed by atoms with Gasteiger partial charge in [-0.3, -0.25) is 19.9 Å². The van der Waals surface area contributed by atoms with Gasteiger partial charge in [-0.25, -0.2) is 5.43 Å². The molecule has 2 aliphatic rings. The SMILES string of the molecule is O=C(NN=Cc1cc([N+](=O)[O-])c(N2CCOCC2)cc1N1CCOCC1)c1cccnc1. The number of carbonyl (C=O) groups excluding carboxylic acids is 1. The smallest absolute Gasteiger partial charge is 0.293 e. The van der Waals surface area contributed by atoms with Crippen molar-refractivity contribution in [3.8, 4) is 0 Å². The van der Waals surface area contributed by atoms with Gasteiger partial charge in [-0.05, 0) is 18.2 Å². The first-order valence-electron chi connectivity index (χ1n) is 10.3. The van der Waals surface area contributed by atoms with E-state index in [1.807, 2.05) is 11.0 Å². The Morgan fingerprint density at radius 2 is 1.75 bits per heavy atom. The number of carbonyl (C=O) groups is 1. The molecule has 1 N–H and O–H groups in total. The molecule has 4 rings (SSSR count). The number of benzene rings is 1. The van der Waals surface area contributed by atoms with Crippen LogP contribution in [0.5, 0.6) is 0 Å². The third-order valence-electron chi connectivity index (χ3n) is 5.32. The van der Waals surface area contributed by atoms with Crippen molar-refractivity contribution in [3.63, 3.8) is 0 Å². The van der Waals surface area contributed by atoms with Crippen LogP contribution in [0.1, 0.15) is 15.9 Å². The molecule has 11 heteroatoms. The predicted octanol–water partition coefficient (Wildman–Crippen LogP) is 1.43. The number of hydrogen-bond donors (Lipinski definition) is 1. The Hall–Kier alpha value is -3.57. The van der Waals surface area contributed by atoms with Crippen LogP contribution >= 0.6 is 0 Å². The van der Waals surface area contributed by atoms with Crippen molar-refractivity contribution in [1.82, 2.24) is 10.4 Å². The van der Waals surface area contributed by atoms with Gasteiger partial charge in [-0.15, -0.1) is 0 Å². The molecule has 2 aliphatic heterocycles. The number of nitro benzene ring substituents is 1. The van der Waals surface area contributed by atoms with Crippen LogP contribution in [0.4, 0.5) is 17.1 Å². The van der Waals surface area contributed by atoms with E-state index in [4.69, 9.17) is 9.47 Å². The van der Waals surface area contributed by atoms with Crippen LogP contribution in [0.3, 0.4) is 0 Å². The van der Waals surface area contributed by atoms with E-state index >= 15 is 0 Å². The number of anilines is 2. The van der Waals surface area contributed by atoms with E-state index in [1.165, 1.54) is 18.5 Å². The van der Waals surface area contributed by atoms with E-state index < -0.39 is 5.91 Å². The fourth-order valence-electron chi connectivity index (χ4n) is 3.69. The molecule has 168 valence electrons. The Bertz CT molecular complexity index is 988. The fourth-order valence-corrected chi connectivity index (χ4v) is 3.69. The summed E-state index contributed by atoms with van der Waals surface area (Å²) in [6, 6.07) is 6.62. The zero-order chi connectivity index (χ0) is 22.3. The highest BCUT2D eigenvalue weighted by molar-refractivity contribution is 5.96. The van der Waals surface area contributed by atoms with Crippen molar-refractivity contribution in [2.45, 2.75) is 0 Å². The van der Waals surface area contributed by atoms with Crippen molar-refractivity contribution in [3.05, 3.63) is 57.9 Å². The van der Waals surface area contributed by atoms with Gasteiger partial charge in [0.25, 0.3) is 11.6 Å². The van der Waals surface area contributed by atoms with Crippen LogP contribution in [-0.4, -0.2) is 74.6 Å². The molecule has 1 aromatic carbocycles. The summed E-state index contributed by atoms with van der Waals surface area (Å²) in [4.78, 5) is 31.7. The Labute approximate surface area is 184 Å². The molecular formula is C21H24N6O5. The van der Waals surface area contributed by atoms with E-state index in [9.17, 15) is 14.9 Å². The highest BCUT2D eigenvalue weighted by Crippen LogP contribution is 2.36. The first-order valence-corrected chi connectivity index (χ1v) is 10.3. The van der Waals surface area contributed by atoms with E-state index in [1.54, 1.807) is 18.3 Å². The molecule has 2 saturated heterocycles. The van der Waals surface area contributed by atoms with Crippen LogP contribution in [0.15, 0.2) is 41.8 Å². The van der Waals surface area contributed by atoms with Gasteiger partial charge in [0.2, 0.25) is 0 Å². The third kappa shape index (κ3) is 5.01. The van der Waals surface area contributed by atoms with E-state index in [0.29, 0.717) is 69.4 Å². The summed E-state index contributed by atoms with van der Waals surface area (Å²) >= 11 is 0. The topological polar surface area (TPSA) is 122 Å². The molecule has 0 bridgehead atoms. The number of hydrogen-bond acceptors (Lipinski definition) is 9. The zero-order valence-corrected chi connectivity index (χ0v) is 17.5. The number of nitrogens with one attached hydrogen (secondary N) is 1. The second kappa shape index (κ2) is 10.2. The number of morpholine rings is 2. The van der Waals surface area contributed by atoms with Crippen LogP contribution in [0.25, 0.3) is 0 Å². The number of amides is 1. The number of pyridine rings is 1. The maximum absolute atomic E-state index is 12.2. The number of hydrazone groups is 1. The molecule has 0 unspecified atom stereocenters. The van der Waals surface area contributed by atoms with Crippen molar-refractivity contribution in [1.29, 1.82) is 0 Å². The summed E-state index contributed by atoms with van der Waals surface area (Å²) in [7, 11) is 0. The fraction of sp³-hybridized carbons (Fsp3) is 0.381. The highest BCUT2D eigenvalue weighted by atomic mass is 16.6. The van der Waals surface area contributed by atoms with Gasteiger partial charge in [-0.1, -0.05) is 0 Å². The summed E-state index contributed by atoms with van der Waals surface area (Å²) < 4.78 is 10.9. The summed E-state index contributed by atoms with van der Waals surface area (Å²) in [5.74, 6) is -0.415. The molecule has 0 saturated carbocycles. The van der Waals surface area contributed by atoms with Gasteiger partial charge in [-0.2, -0.15) is 5.10 Å². The largest absolute Gasteiger partial charge is 0.378 e. The van der Waals surface area contributed by atoms with Gasteiger partial charge in [0.05, 0.1) is 43.1 Å². The molecule has 2 aromatic rings. The van der Waals surface area contributed by atoms with Gasteiger partial charge < -0.3 is 19.3 Å². The maximum Gasteiger partial charge on any atom is 0.293 e. The lowest BCUT2D eigenvalue weighted by atomic mass is 10.1. The minimum atomic E-state index is -0.415. The summed E-state index contributed by atoms with van der Waals surface area (Å²) in [6.45, 7) is 4.65. The van der Waals surface area contributed by atoms with E-state index in [0.717, 1.165) is 5.69 Å². The molecule has 0 atom stereocenters. The van der Waals surface area contributed by atoms with Gasteiger partial charge in [0.1, 0.15) is 5.69 Å². The van der Waals surface area contributed by atoms with Crippen LogP contribution in [-0.2, 0) is 9.47 Å².